The summed E-state index contributed by atoms with van der Waals surface area (Å²) in [5, 5.41) is 3.86. The molecule has 0 fully saturated rings. The van der Waals surface area contributed by atoms with E-state index in [-0.39, 0.29) is 5.56 Å². The summed E-state index contributed by atoms with van der Waals surface area (Å²) in [6.07, 6.45) is 0. The van der Waals surface area contributed by atoms with Crippen molar-refractivity contribution in [2.45, 2.75) is 13.0 Å². The molecular formula is C14H11Cl2F2N. The van der Waals surface area contributed by atoms with E-state index in [4.69, 9.17) is 23.2 Å². The van der Waals surface area contributed by atoms with Gasteiger partial charge in [0, 0.05) is 10.6 Å². The molecule has 100 valence electrons. The molecule has 19 heavy (non-hydrogen) atoms. The van der Waals surface area contributed by atoms with E-state index in [1.54, 1.807) is 25.1 Å². The van der Waals surface area contributed by atoms with Gasteiger partial charge in [-0.25, -0.2) is 8.78 Å². The van der Waals surface area contributed by atoms with Crippen LogP contribution >= 0.6 is 23.2 Å². The Bertz CT molecular complexity index is 582. The number of benzene rings is 2. The van der Waals surface area contributed by atoms with Gasteiger partial charge in [-0.05, 0) is 37.3 Å². The molecule has 1 nitrogen and oxygen atoms in total. The normalized spacial score (nSPS) is 12.3. The molecule has 0 amide bonds. The molecule has 0 aliphatic carbocycles. The maximum atomic E-state index is 13.6. The number of hydrogen-bond donors (Lipinski definition) is 1. The third-order valence-corrected chi connectivity index (χ3v) is 3.28. The van der Waals surface area contributed by atoms with E-state index >= 15 is 0 Å². The van der Waals surface area contributed by atoms with Crippen LogP contribution in [0.4, 0.5) is 14.5 Å². The Morgan fingerprint density at radius 2 is 1.68 bits per heavy atom. The van der Waals surface area contributed by atoms with Gasteiger partial charge in [0.25, 0.3) is 0 Å². The molecule has 0 radical (unpaired) electrons. The summed E-state index contributed by atoms with van der Waals surface area (Å²) < 4.78 is 27.3. The third kappa shape index (κ3) is 3.17. The van der Waals surface area contributed by atoms with Crippen LogP contribution in [-0.4, -0.2) is 0 Å². The minimum atomic E-state index is -0.593. The van der Waals surface area contributed by atoms with Crippen LogP contribution in [0.15, 0.2) is 36.4 Å². The minimum Gasteiger partial charge on any atom is -0.377 e. The Labute approximate surface area is 120 Å². The van der Waals surface area contributed by atoms with Crippen molar-refractivity contribution in [3.63, 3.8) is 0 Å². The summed E-state index contributed by atoms with van der Waals surface area (Å²) in [4.78, 5) is 0. The molecule has 0 aliphatic rings. The summed E-state index contributed by atoms with van der Waals surface area (Å²) in [5.41, 5.74) is 0.551. The SMILES string of the molecule is CC(Nc1ccc(Cl)cc1Cl)c1c(F)cccc1F. The largest absolute Gasteiger partial charge is 0.377 e. The number of rotatable bonds is 3. The Balaban J connectivity index is 2.28. The first-order valence-corrected chi connectivity index (χ1v) is 6.40. The van der Waals surface area contributed by atoms with Gasteiger partial charge in [0.2, 0.25) is 0 Å². The smallest absolute Gasteiger partial charge is 0.131 e. The van der Waals surface area contributed by atoms with Crippen LogP contribution in [0.5, 0.6) is 0 Å². The van der Waals surface area contributed by atoms with E-state index < -0.39 is 17.7 Å². The summed E-state index contributed by atoms with van der Waals surface area (Å²) in [7, 11) is 0. The number of halogens is 4. The highest BCUT2D eigenvalue weighted by Crippen LogP contribution is 2.30. The Kier molecular flexibility index (Phi) is 4.27. The number of anilines is 1. The van der Waals surface area contributed by atoms with Gasteiger partial charge >= 0.3 is 0 Å². The minimum absolute atomic E-state index is 0.0199. The fourth-order valence-electron chi connectivity index (χ4n) is 1.84. The van der Waals surface area contributed by atoms with Crippen LogP contribution < -0.4 is 5.32 Å². The Morgan fingerprint density at radius 1 is 1.05 bits per heavy atom. The monoisotopic (exact) mass is 301 g/mol. The molecule has 0 saturated heterocycles. The second-order valence-corrected chi connectivity index (χ2v) is 4.97. The predicted octanol–water partition coefficient (Wildman–Crippen LogP) is 5.44. The summed E-state index contributed by atoms with van der Waals surface area (Å²) in [6, 6.07) is 8.10. The second kappa shape index (κ2) is 5.76. The molecule has 0 aliphatic heterocycles. The van der Waals surface area contributed by atoms with E-state index in [1.165, 1.54) is 18.2 Å². The highest BCUT2D eigenvalue weighted by atomic mass is 35.5. The highest BCUT2D eigenvalue weighted by Gasteiger charge is 2.16. The quantitative estimate of drug-likeness (QED) is 0.795. The first kappa shape index (κ1) is 14.1. The van der Waals surface area contributed by atoms with Crippen molar-refractivity contribution in [1.82, 2.24) is 0 Å². The number of nitrogens with one attached hydrogen (secondary N) is 1. The molecule has 2 aromatic rings. The second-order valence-electron chi connectivity index (χ2n) is 4.13. The molecular weight excluding hydrogens is 291 g/mol. The van der Waals surface area contributed by atoms with E-state index in [0.717, 1.165) is 0 Å². The Hall–Kier alpha value is -1.32. The predicted molar refractivity (Wildman–Crippen MR) is 74.9 cm³/mol. The van der Waals surface area contributed by atoms with Gasteiger partial charge in [0.1, 0.15) is 11.6 Å². The third-order valence-electron chi connectivity index (χ3n) is 2.74. The first-order valence-electron chi connectivity index (χ1n) is 5.64. The van der Waals surface area contributed by atoms with E-state index in [0.29, 0.717) is 15.7 Å². The molecule has 5 heteroatoms. The fraction of sp³-hybridized carbons (Fsp3) is 0.143. The fourth-order valence-corrected chi connectivity index (χ4v) is 2.30. The zero-order valence-electron chi connectivity index (χ0n) is 10.1. The zero-order valence-corrected chi connectivity index (χ0v) is 11.6. The van der Waals surface area contributed by atoms with Crippen molar-refractivity contribution in [1.29, 1.82) is 0 Å². The van der Waals surface area contributed by atoms with Crippen molar-refractivity contribution in [2.75, 3.05) is 5.32 Å². The molecule has 2 rings (SSSR count). The van der Waals surface area contributed by atoms with Gasteiger partial charge in [-0.15, -0.1) is 0 Å². The molecule has 0 aromatic heterocycles. The standard InChI is InChI=1S/C14H11Cl2F2N/c1-8(14-11(17)3-2-4-12(14)18)19-13-6-5-9(15)7-10(13)16/h2-8,19H,1H3. The van der Waals surface area contributed by atoms with Crippen LogP contribution in [0.2, 0.25) is 10.0 Å². The lowest BCUT2D eigenvalue weighted by atomic mass is 10.1. The van der Waals surface area contributed by atoms with Crippen LogP contribution in [0.3, 0.4) is 0 Å². The van der Waals surface area contributed by atoms with Gasteiger partial charge in [0.15, 0.2) is 0 Å². The van der Waals surface area contributed by atoms with E-state index in [1.807, 2.05) is 0 Å². The maximum Gasteiger partial charge on any atom is 0.131 e. The maximum absolute atomic E-state index is 13.6. The lowest BCUT2D eigenvalue weighted by molar-refractivity contribution is 0.544. The van der Waals surface area contributed by atoms with E-state index in [2.05, 4.69) is 5.32 Å². The number of hydrogen-bond acceptors (Lipinski definition) is 1. The molecule has 0 spiro atoms. The lowest BCUT2D eigenvalue weighted by Gasteiger charge is -2.18. The van der Waals surface area contributed by atoms with Crippen molar-refractivity contribution in [3.05, 3.63) is 63.6 Å². The van der Waals surface area contributed by atoms with Gasteiger partial charge in [-0.3, -0.25) is 0 Å². The average molecular weight is 302 g/mol. The summed E-state index contributed by atoms with van der Waals surface area (Å²) in [6.45, 7) is 1.66. The van der Waals surface area contributed by atoms with Gasteiger partial charge in [0.05, 0.1) is 16.8 Å². The summed E-state index contributed by atoms with van der Waals surface area (Å²) in [5.74, 6) is -1.19. The van der Waals surface area contributed by atoms with Crippen LogP contribution in [-0.2, 0) is 0 Å². The molecule has 0 heterocycles. The molecule has 0 bridgehead atoms. The van der Waals surface area contributed by atoms with Gasteiger partial charge < -0.3 is 5.32 Å². The summed E-state index contributed by atoms with van der Waals surface area (Å²) >= 11 is 11.8. The Morgan fingerprint density at radius 3 is 2.26 bits per heavy atom. The highest BCUT2D eigenvalue weighted by molar-refractivity contribution is 6.36. The molecule has 2 aromatic carbocycles. The van der Waals surface area contributed by atoms with Crippen LogP contribution in [0, 0.1) is 11.6 Å². The van der Waals surface area contributed by atoms with Crippen molar-refractivity contribution < 1.29 is 8.78 Å². The zero-order chi connectivity index (χ0) is 14.0. The molecule has 1 unspecified atom stereocenters. The molecule has 0 saturated carbocycles. The van der Waals surface area contributed by atoms with Gasteiger partial charge in [-0.2, -0.15) is 0 Å². The van der Waals surface area contributed by atoms with Gasteiger partial charge in [-0.1, -0.05) is 29.3 Å². The van der Waals surface area contributed by atoms with E-state index in [9.17, 15) is 8.78 Å². The van der Waals surface area contributed by atoms with Crippen LogP contribution in [0.25, 0.3) is 0 Å². The molecule has 1 N–H and O–H groups in total. The molecule has 1 atom stereocenters. The lowest BCUT2D eigenvalue weighted by Crippen LogP contribution is -2.11. The van der Waals surface area contributed by atoms with Crippen LogP contribution in [0.1, 0.15) is 18.5 Å². The van der Waals surface area contributed by atoms with Crippen molar-refractivity contribution in [3.8, 4) is 0 Å². The van der Waals surface area contributed by atoms with Crippen molar-refractivity contribution in [2.24, 2.45) is 0 Å². The first-order chi connectivity index (χ1) is 8.99. The topological polar surface area (TPSA) is 12.0 Å². The average Bonchev–Trinajstić information content (AvgIpc) is 2.32. The van der Waals surface area contributed by atoms with Crippen molar-refractivity contribution >= 4 is 28.9 Å².